The summed E-state index contributed by atoms with van der Waals surface area (Å²) >= 11 is 0. The number of anilines is 2. The van der Waals surface area contributed by atoms with Crippen LogP contribution in [-0.2, 0) is 0 Å². The first kappa shape index (κ1) is 16.8. The highest BCUT2D eigenvalue weighted by Gasteiger charge is 2.13. The maximum Gasteiger partial charge on any atom is 0.274 e. The predicted octanol–water partition coefficient (Wildman–Crippen LogP) is 3.38. The fourth-order valence-electron chi connectivity index (χ4n) is 1.86. The Bertz CT molecular complexity index is 719. The second kappa shape index (κ2) is 7.13. The summed E-state index contributed by atoms with van der Waals surface area (Å²) in [4.78, 5) is 20.4. The molecule has 2 N–H and O–H groups in total. The molecule has 0 aliphatic rings. The summed E-state index contributed by atoms with van der Waals surface area (Å²) < 4.78 is 26.5. The SMILES string of the molecule is Cc1nc(NCC(C)C)cc(C(=O)Nc2ccc(F)cc2F)n1. The molecule has 0 radical (unpaired) electrons. The molecule has 0 bridgehead atoms. The first-order valence-electron chi connectivity index (χ1n) is 7.21. The lowest BCUT2D eigenvalue weighted by atomic mass is 10.2. The number of benzene rings is 1. The van der Waals surface area contributed by atoms with E-state index in [4.69, 9.17) is 0 Å². The average molecular weight is 320 g/mol. The number of carbonyl (C=O) groups excluding carboxylic acids is 1. The maximum absolute atomic E-state index is 13.6. The van der Waals surface area contributed by atoms with E-state index in [2.05, 4.69) is 20.6 Å². The molecule has 23 heavy (non-hydrogen) atoms. The molecule has 0 atom stereocenters. The summed E-state index contributed by atoms with van der Waals surface area (Å²) in [6, 6.07) is 4.43. The van der Waals surface area contributed by atoms with Crippen LogP contribution in [0.2, 0.25) is 0 Å². The number of nitrogens with one attached hydrogen (secondary N) is 2. The minimum atomic E-state index is -0.845. The van der Waals surface area contributed by atoms with E-state index in [0.29, 0.717) is 30.2 Å². The van der Waals surface area contributed by atoms with Gasteiger partial charge in [-0.15, -0.1) is 0 Å². The normalized spacial score (nSPS) is 10.7. The van der Waals surface area contributed by atoms with Gasteiger partial charge in [-0.3, -0.25) is 4.79 Å². The molecular weight excluding hydrogens is 302 g/mol. The van der Waals surface area contributed by atoms with E-state index < -0.39 is 17.5 Å². The highest BCUT2D eigenvalue weighted by molar-refractivity contribution is 6.03. The zero-order chi connectivity index (χ0) is 17.0. The molecule has 1 aromatic heterocycles. The highest BCUT2D eigenvalue weighted by atomic mass is 19.1. The van der Waals surface area contributed by atoms with Gasteiger partial charge < -0.3 is 10.6 Å². The molecule has 0 spiro atoms. The van der Waals surface area contributed by atoms with Gasteiger partial charge in [0.1, 0.15) is 29.0 Å². The molecule has 0 unspecified atom stereocenters. The molecule has 0 saturated heterocycles. The molecule has 5 nitrogen and oxygen atoms in total. The van der Waals surface area contributed by atoms with Crippen LogP contribution in [-0.4, -0.2) is 22.4 Å². The topological polar surface area (TPSA) is 66.9 Å². The summed E-state index contributed by atoms with van der Waals surface area (Å²) in [5.41, 5.74) is -0.00293. The molecule has 2 rings (SSSR count). The van der Waals surface area contributed by atoms with E-state index in [1.54, 1.807) is 6.92 Å². The number of aryl methyl sites for hydroxylation is 1. The van der Waals surface area contributed by atoms with Crippen molar-refractivity contribution in [3.8, 4) is 0 Å². The first-order valence-corrected chi connectivity index (χ1v) is 7.21. The lowest BCUT2D eigenvalue weighted by molar-refractivity contribution is 0.102. The van der Waals surface area contributed by atoms with Gasteiger partial charge >= 0.3 is 0 Å². The molecule has 7 heteroatoms. The summed E-state index contributed by atoms with van der Waals surface area (Å²) in [6.07, 6.45) is 0. The third kappa shape index (κ3) is 4.70. The van der Waals surface area contributed by atoms with Crippen molar-refractivity contribution in [3.63, 3.8) is 0 Å². The van der Waals surface area contributed by atoms with Crippen LogP contribution >= 0.6 is 0 Å². The molecule has 1 amide bonds. The second-order valence-electron chi connectivity index (χ2n) is 5.54. The van der Waals surface area contributed by atoms with Crippen LogP contribution < -0.4 is 10.6 Å². The van der Waals surface area contributed by atoms with Crippen molar-refractivity contribution in [2.45, 2.75) is 20.8 Å². The molecule has 1 heterocycles. The second-order valence-corrected chi connectivity index (χ2v) is 5.54. The Labute approximate surface area is 133 Å². The van der Waals surface area contributed by atoms with Crippen LogP contribution in [0.4, 0.5) is 20.3 Å². The van der Waals surface area contributed by atoms with Crippen LogP contribution in [0.15, 0.2) is 24.3 Å². The number of hydrogen-bond donors (Lipinski definition) is 2. The first-order chi connectivity index (χ1) is 10.8. The molecule has 2 aromatic rings. The number of nitrogens with zero attached hydrogens (tertiary/aromatic N) is 2. The van der Waals surface area contributed by atoms with E-state index in [1.165, 1.54) is 6.07 Å². The van der Waals surface area contributed by atoms with Crippen molar-refractivity contribution in [2.24, 2.45) is 5.92 Å². The van der Waals surface area contributed by atoms with Gasteiger partial charge in [-0.2, -0.15) is 0 Å². The van der Waals surface area contributed by atoms with E-state index in [9.17, 15) is 13.6 Å². The van der Waals surface area contributed by atoms with Gasteiger partial charge in [0.05, 0.1) is 5.69 Å². The maximum atomic E-state index is 13.6. The van der Waals surface area contributed by atoms with E-state index in [1.807, 2.05) is 13.8 Å². The predicted molar refractivity (Wildman–Crippen MR) is 84.4 cm³/mol. The Morgan fingerprint density at radius 1 is 1.22 bits per heavy atom. The zero-order valence-electron chi connectivity index (χ0n) is 13.2. The van der Waals surface area contributed by atoms with Gasteiger partial charge in [-0.25, -0.2) is 18.7 Å². The number of carbonyl (C=O) groups is 1. The number of rotatable bonds is 5. The summed E-state index contributed by atoms with van der Waals surface area (Å²) in [5.74, 6) is -0.787. The van der Waals surface area contributed by atoms with Crippen LogP contribution in [0.3, 0.4) is 0 Å². The van der Waals surface area contributed by atoms with Crippen LogP contribution in [0, 0.1) is 24.5 Å². The van der Waals surface area contributed by atoms with Gasteiger partial charge in [0.15, 0.2) is 0 Å². The third-order valence-corrected chi connectivity index (χ3v) is 2.94. The van der Waals surface area contributed by atoms with Crippen molar-refractivity contribution in [1.29, 1.82) is 0 Å². The monoisotopic (exact) mass is 320 g/mol. The third-order valence-electron chi connectivity index (χ3n) is 2.94. The largest absolute Gasteiger partial charge is 0.370 e. The quantitative estimate of drug-likeness (QED) is 0.886. The van der Waals surface area contributed by atoms with E-state index in [-0.39, 0.29) is 11.4 Å². The summed E-state index contributed by atoms with van der Waals surface area (Å²) in [5, 5.41) is 5.48. The minimum absolute atomic E-state index is 0.104. The van der Waals surface area contributed by atoms with Crippen molar-refractivity contribution in [3.05, 3.63) is 47.4 Å². The Kier molecular flexibility index (Phi) is 5.20. The number of hydrogen-bond acceptors (Lipinski definition) is 4. The highest BCUT2D eigenvalue weighted by Crippen LogP contribution is 2.16. The van der Waals surface area contributed by atoms with Crippen LogP contribution in [0.5, 0.6) is 0 Å². The van der Waals surface area contributed by atoms with Gasteiger partial charge in [-0.05, 0) is 25.0 Å². The Hall–Kier alpha value is -2.57. The standard InChI is InChI=1S/C16H18F2N4O/c1-9(2)8-19-15-7-14(20-10(3)21-15)16(23)22-13-5-4-11(17)6-12(13)18/h4-7,9H,8H2,1-3H3,(H,22,23)(H,19,20,21). The lowest BCUT2D eigenvalue weighted by Gasteiger charge is -2.11. The number of halogens is 2. The molecule has 0 aliphatic carbocycles. The van der Waals surface area contributed by atoms with Crippen LogP contribution in [0.1, 0.15) is 30.2 Å². The Morgan fingerprint density at radius 2 is 1.96 bits per heavy atom. The Balaban J connectivity index is 2.18. The molecule has 0 saturated carbocycles. The fourth-order valence-corrected chi connectivity index (χ4v) is 1.86. The van der Waals surface area contributed by atoms with Crippen LogP contribution in [0.25, 0.3) is 0 Å². The van der Waals surface area contributed by atoms with Gasteiger partial charge in [-0.1, -0.05) is 13.8 Å². The number of amides is 1. The van der Waals surface area contributed by atoms with Crippen molar-refractivity contribution in [2.75, 3.05) is 17.2 Å². The van der Waals surface area contributed by atoms with Crippen molar-refractivity contribution < 1.29 is 13.6 Å². The van der Waals surface area contributed by atoms with Gasteiger partial charge in [0.2, 0.25) is 0 Å². The van der Waals surface area contributed by atoms with Crippen molar-refractivity contribution >= 4 is 17.4 Å². The Morgan fingerprint density at radius 3 is 2.61 bits per heavy atom. The van der Waals surface area contributed by atoms with Gasteiger partial charge in [0.25, 0.3) is 5.91 Å². The fraction of sp³-hybridized carbons (Fsp3) is 0.312. The average Bonchev–Trinajstić information content (AvgIpc) is 2.47. The number of aromatic nitrogens is 2. The van der Waals surface area contributed by atoms with E-state index in [0.717, 1.165) is 12.1 Å². The molecule has 0 fully saturated rings. The molecule has 1 aromatic carbocycles. The van der Waals surface area contributed by atoms with E-state index >= 15 is 0 Å². The summed E-state index contributed by atoms with van der Waals surface area (Å²) in [7, 11) is 0. The van der Waals surface area contributed by atoms with Gasteiger partial charge in [0, 0.05) is 18.7 Å². The zero-order valence-corrected chi connectivity index (χ0v) is 13.2. The minimum Gasteiger partial charge on any atom is -0.370 e. The lowest BCUT2D eigenvalue weighted by Crippen LogP contribution is -2.17. The molecular formula is C16H18F2N4O. The van der Waals surface area contributed by atoms with Crippen molar-refractivity contribution in [1.82, 2.24) is 9.97 Å². The molecule has 122 valence electrons. The smallest absolute Gasteiger partial charge is 0.274 e. The summed E-state index contributed by atoms with van der Waals surface area (Å²) in [6.45, 7) is 6.46. The molecule has 0 aliphatic heterocycles.